The number of fused-ring (bicyclic) bond motifs is 7. The van der Waals surface area contributed by atoms with Gasteiger partial charge in [-0.1, -0.05) is 102 Å². The van der Waals surface area contributed by atoms with Crippen LogP contribution in [0, 0.1) is 56.7 Å². The Balaban J connectivity index is 1.49. The predicted octanol–water partition coefficient (Wildman–Crippen LogP) is 12.5. The number of aliphatic hydroxyl groups excluding tert-OH is 1. The van der Waals surface area contributed by atoms with Gasteiger partial charge < -0.3 is 17.5 Å². The van der Waals surface area contributed by atoms with Crippen molar-refractivity contribution in [2.45, 2.75) is 226 Å². The fourth-order valence-electron chi connectivity index (χ4n) is 15.7. The van der Waals surface area contributed by atoms with E-state index in [2.05, 4.69) is 129 Å². The van der Waals surface area contributed by atoms with Crippen LogP contribution in [0.15, 0.2) is 12.2 Å². The summed E-state index contributed by atoms with van der Waals surface area (Å²) in [5.74, 6) is 3.22. The molecule has 4 nitrogen and oxygen atoms in total. The second-order valence-electron chi connectivity index (χ2n) is 28.1. The highest BCUT2D eigenvalue weighted by Gasteiger charge is 2.72. The van der Waals surface area contributed by atoms with Gasteiger partial charge in [0.25, 0.3) is 0 Å². The van der Waals surface area contributed by atoms with Gasteiger partial charge in [0.15, 0.2) is 54.2 Å². The Hall–Kier alpha value is 0.881. The Bertz CT molecular complexity index is 1480. The molecule has 10 heteroatoms. The van der Waals surface area contributed by atoms with Crippen molar-refractivity contribution in [3.05, 3.63) is 12.2 Å². The van der Waals surface area contributed by atoms with Crippen LogP contribution >= 0.6 is 0 Å². The topological polar surface area (TPSA) is 47.9 Å². The van der Waals surface area contributed by atoms with Crippen LogP contribution in [0.25, 0.3) is 0 Å². The molecule has 5 aliphatic carbocycles. The highest BCUT2D eigenvalue weighted by molar-refractivity contribution is 6.78. The number of hydrogen-bond donors (Lipinski definition) is 1. The minimum Gasteiger partial charge on any atom is -0.460 e. The maximum Gasteiger partial charge on any atom is 0.177 e. The Kier molecular flexibility index (Phi) is 14.1. The van der Waals surface area contributed by atoms with Crippen LogP contribution in [-0.4, -0.2) is 66.0 Å². The molecule has 0 aromatic carbocycles. The molecular weight excluding hydrogens is 809 g/mol. The smallest absolute Gasteiger partial charge is 0.177 e. The zero-order chi connectivity index (χ0) is 44.0. The lowest BCUT2D eigenvalue weighted by Gasteiger charge is -2.74. The molecule has 1 N–H and O–H groups in total. The summed E-state index contributed by atoms with van der Waals surface area (Å²) in [5.41, 5.74) is 3.42. The third kappa shape index (κ3) is 9.76. The third-order valence-corrected chi connectivity index (χ3v) is 37.3. The Morgan fingerprint density at radius 1 is 0.638 bits per heavy atom. The standard InChI is InChI=1S/C48H98O4Si6/c1-34(31-56(15,16)50-53-41(2,3)4)35-23-28-48(32-49)30-29-46(13)36(40(35)48)21-22-38-44(11)26-25-39(58(19,20)52-55-43(8,9)10)45(12,37(44)24-27-47(38,46)14)33-57(17,18)51-54-42(5,6)7/h35-40,49H,1,21-33,53-55H2,2-20H3/t35-,36+,37+,38+,39?,40+,44-,45?,46+,47+,48+/m0/s1. The van der Waals surface area contributed by atoms with Crippen molar-refractivity contribution < 1.29 is 17.5 Å². The summed E-state index contributed by atoms with van der Waals surface area (Å²) < 4.78 is 21.5. The summed E-state index contributed by atoms with van der Waals surface area (Å²) in [7, 11) is -7.63. The normalized spacial score (nSPS) is 40.7. The van der Waals surface area contributed by atoms with Crippen molar-refractivity contribution in [2.24, 2.45) is 56.7 Å². The van der Waals surface area contributed by atoms with Crippen molar-refractivity contribution in [1.82, 2.24) is 0 Å². The average molecular weight is 908 g/mol. The molecule has 0 aliphatic heterocycles. The van der Waals surface area contributed by atoms with E-state index in [0.717, 1.165) is 17.9 Å². The summed E-state index contributed by atoms with van der Waals surface area (Å²) in [5, 5.41) is 12.3. The van der Waals surface area contributed by atoms with Crippen LogP contribution in [0.2, 0.25) is 72.0 Å². The molecule has 58 heavy (non-hydrogen) atoms. The quantitative estimate of drug-likeness (QED) is 0.148. The van der Waals surface area contributed by atoms with Gasteiger partial charge in [-0.2, -0.15) is 0 Å². The van der Waals surface area contributed by atoms with Gasteiger partial charge in [-0.15, -0.1) is 0 Å². The summed E-state index contributed by atoms with van der Waals surface area (Å²) >= 11 is 0. The number of aliphatic hydroxyl groups is 1. The van der Waals surface area contributed by atoms with Crippen LogP contribution in [-0.2, 0) is 12.3 Å². The van der Waals surface area contributed by atoms with Gasteiger partial charge in [0, 0.05) is 6.61 Å². The van der Waals surface area contributed by atoms with E-state index in [1.165, 1.54) is 75.8 Å². The van der Waals surface area contributed by atoms with Gasteiger partial charge in [-0.25, -0.2) is 0 Å². The molecule has 11 atom stereocenters. The summed E-state index contributed by atoms with van der Waals surface area (Å²) in [4.78, 5) is 0. The molecule has 2 unspecified atom stereocenters. The maximum absolute atomic E-state index is 11.4. The maximum atomic E-state index is 11.4. The largest absolute Gasteiger partial charge is 0.460 e. The molecule has 0 heterocycles. The lowest BCUT2D eigenvalue weighted by atomic mass is 9.32. The summed E-state index contributed by atoms with van der Waals surface area (Å²) in [6, 6.07) is 2.38. The molecule has 5 rings (SSSR count). The Labute approximate surface area is 371 Å². The van der Waals surface area contributed by atoms with Gasteiger partial charge >= 0.3 is 0 Å². The SMILES string of the molecule is C=C(C[Si](C)(C)O[SiH2]C(C)(C)C)[C@@H]1CC[C@]2(CO)CC[C@]3(C)[C@H](CC[C@@H]4[C@@]5(C)CCC([Si](C)(C)O[SiH2]C(C)(C)C)C(C)(C[Si](C)(C)O[SiH2]C(C)(C)C)[C@@H]5CC[C@]43C)[C@@H]12. The number of allylic oxidation sites excluding steroid dienone is 1. The first-order valence-electron chi connectivity index (χ1n) is 24.3. The van der Waals surface area contributed by atoms with Crippen molar-refractivity contribution in [2.75, 3.05) is 6.61 Å². The van der Waals surface area contributed by atoms with E-state index in [-0.39, 0.29) is 16.2 Å². The van der Waals surface area contributed by atoms with Crippen molar-refractivity contribution >= 4 is 54.2 Å². The first kappa shape index (κ1) is 49.9. The second kappa shape index (κ2) is 16.4. The molecule has 0 aromatic heterocycles. The van der Waals surface area contributed by atoms with E-state index in [4.69, 9.17) is 18.9 Å². The number of hydrogen-bond acceptors (Lipinski definition) is 4. The van der Waals surface area contributed by atoms with E-state index in [9.17, 15) is 5.11 Å². The predicted molar refractivity (Wildman–Crippen MR) is 269 cm³/mol. The van der Waals surface area contributed by atoms with Crippen molar-refractivity contribution in [1.29, 1.82) is 0 Å². The molecule has 0 spiro atoms. The molecular formula is C48H98O4Si6. The summed E-state index contributed by atoms with van der Waals surface area (Å²) in [6.45, 7) is 53.3. The van der Waals surface area contributed by atoms with Crippen LogP contribution in [0.1, 0.15) is 154 Å². The lowest BCUT2D eigenvalue weighted by molar-refractivity contribution is -0.239. The molecule has 0 bridgehead atoms. The molecule has 5 fully saturated rings. The van der Waals surface area contributed by atoms with Crippen LogP contribution < -0.4 is 0 Å². The van der Waals surface area contributed by atoms with Crippen molar-refractivity contribution in [3.8, 4) is 0 Å². The van der Waals surface area contributed by atoms with Gasteiger partial charge in [-0.05, 0) is 193 Å². The van der Waals surface area contributed by atoms with Gasteiger partial charge in [0.1, 0.15) is 0 Å². The van der Waals surface area contributed by atoms with Crippen molar-refractivity contribution in [3.63, 3.8) is 0 Å². The summed E-state index contributed by atoms with van der Waals surface area (Å²) in [6.07, 6.45) is 13.0. The molecule has 0 aromatic rings. The van der Waals surface area contributed by atoms with E-state index in [1.807, 2.05) is 0 Å². The van der Waals surface area contributed by atoms with Crippen LogP contribution in [0.5, 0.6) is 0 Å². The first-order chi connectivity index (χ1) is 26.1. The molecule has 5 saturated carbocycles. The van der Waals surface area contributed by atoms with Gasteiger partial charge in [-0.3, -0.25) is 0 Å². The zero-order valence-corrected chi connectivity index (χ0v) is 49.4. The molecule has 0 saturated heterocycles. The third-order valence-electron chi connectivity index (χ3n) is 18.2. The molecule has 0 amide bonds. The van der Waals surface area contributed by atoms with Crippen LogP contribution in [0.4, 0.5) is 0 Å². The fourth-order valence-corrected chi connectivity index (χ4v) is 33.8. The average Bonchev–Trinajstić information content (AvgIpc) is 3.45. The Morgan fingerprint density at radius 3 is 1.74 bits per heavy atom. The lowest BCUT2D eigenvalue weighted by Crippen LogP contribution is -2.67. The van der Waals surface area contributed by atoms with E-state index < -0.39 is 54.2 Å². The molecule has 5 aliphatic rings. The molecule has 0 radical (unpaired) electrons. The van der Waals surface area contributed by atoms with Crippen LogP contribution in [0.3, 0.4) is 0 Å². The zero-order valence-electron chi connectivity index (χ0n) is 42.2. The van der Waals surface area contributed by atoms with E-state index in [0.29, 0.717) is 55.8 Å². The van der Waals surface area contributed by atoms with Gasteiger partial charge in [0.05, 0.1) is 0 Å². The highest BCUT2D eigenvalue weighted by atomic mass is 28.4. The monoisotopic (exact) mass is 907 g/mol. The first-order valence-corrected chi connectivity index (χ1v) is 37.4. The molecule has 338 valence electrons. The second-order valence-corrected chi connectivity index (χ2v) is 50.5. The minimum absolute atomic E-state index is 0.0740. The Morgan fingerprint density at radius 2 is 1.19 bits per heavy atom. The van der Waals surface area contributed by atoms with Gasteiger partial charge in [0.2, 0.25) is 0 Å². The number of rotatable bonds is 13. The minimum atomic E-state index is -2.00. The fraction of sp³-hybridized carbons (Fsp3) is 0.958. The van der Waals surface area contributed by atoms with E-state index >= 15 is 0 Å². The highest BCUT2D eigenvalue weighted by Crippen LogP contribution is 2.79. The van der Waals surface area contributed by atoms with E-state index in [1.54, 1.807) is 0 Å².